The Hall–Kier alpha value is -0.390. The summed E-state index contributed by atoms with van der Waals surface area (Å²) in [7, 11) is 0. The predicted molar refractivity (Wildman–Crippen MR) is 67.8 cm³/mol. The van der Waals surface area contributed by atoms with E-state index in [1.54, 1.807) is 0 Å². The van der Waals surface area contributed by atoms with Crippen LogP contribution in [0.5, 0.6) is 0 Å². The van der Waals surface area contributed by atoms with Gasteiger partial charge in [-0.25, -0.2) is 0 Å². The maximum absolute atomic E-state index is 12.0. The Kier molecular flexibility index (Phi) is 2.77. The van der Waals surface area contributed by atoms with Crippen molar-refractivity contribution in [3.8, 4) is 0 Å². The SMILES string of the molecule is O=C(N[C@H]1CN2CC[C@H]1C2)c1ccc(Br)s1. The van der Waals surface area contributed by atoms with Gasteiger partial charge in [-0.1, -0.05) is 0 Å². The topological polar surface area (TPSA) is 32.3 Å². The Labute approximate surface area is 107 Å². The Balaban J connectivity index is 1.65. The van der Waals surface area contributed by atoms with Gasteiger partial charge in [-0.2, -0.15) is 0 Å². The number of thiophene rings is 1. The third-order valence-corrected chi connectivity index (χ3v) is 5.07. The van der Waals surface area contributed by atoms with Crippen LogP contribution in [0.25, 0.3) is 0 Å². The highest BCUT2D eigenvalue weighted by atomic mass is 79.9. The minimum Gasteiger partial charge on any atom is -0.347 e. The molecular weight excluding hydrogens is 288 g/mol. The quantitative estimate of drug-likeness (QED) is 0.905. The van der Waals surface area contributed by atoms with Gasteiger partial charge >= 0.3 is 0 Å². The van der Waals surface area contributed by atoms with Crippen LogP contribution in [0.4, 0.5) is 0 Å². The standard InChI is InChI=1S/C11H13BrN2OS/c12-10-2-1-9(16-10)11(15)13-8-6-14-4-3-7(8)5-14/h1-2,7-8H,3-6H2,(H,13,15)/t7-,8-/m0/s1. The maximum atomic E-state index is 12.0. The molecule has 3 rings (SSSR count). The molecule has 1 N–H and O–H groups in total. The zero-order valence-corrected chi connectivity index (χ0v) is 11.2. The number of nitrogens with zero attached hydrogens (tertiary/aromatic N) is 1. The number of fused-ring (bicyclic) bond motifs is 2. The van der Waals surface area contributed by atoms with E-state index in [4.69, 9.17) is 0 Å². The van der Waals surface area contributed by atoms with E-state index in [0.717, 1.165) is 15.2 Å². The second-order valence-corrected chi connectivity index (χ2v) is 6.96. The Bertz CT molecular complexity index is 420. The minimum absolute atomic E-state index is 0.0782. The first-order valence-corrected chi connectivity index (χ1v) is 7.12. The number of halogens is 1. The van der Waals surface area contributed by atoms with E-state index >= 15 is 0 Å². The second-order valence-electron chi connectivity index (χ2n) is 4.49. The number of hydrogen-bond donors (Lipinski definition) is 1. The molecule has 2 aliphatic heterocycles. The molecule has 3 nitrogen and oxygen atoms in total. The van der Waals surface area contributed by atoms with E-state index in [0.29, 0.717) is 12.0 Å². The van der Waals surface area contributed by atoms with Crippen molar-refractivity contribution in [3.63, 3.8) is 0 Å². The molecule has 2 bridgehead atoms. The van der Waals surface area contributed by atoms with Gasteiger partial charge in [0, 0.05) is 19.1 Å². The molecule has 86 valence electrons. The summed E-state index contributed by atoms with van der Waals surface area (Å²) in [6, 6.07) is 4.16. The molecule has 2 fully saturated rings. The molecule has 3 atom stereocenters. The van der Waals surface area contributed by atoms with Gasteiger partial charge in [0.2, 0.25) is 0 Å². The van der Waals surface area contributed by atoms with Crippen LogP contribution >= 0.6 is 27.3 Å². The van der Waals surface area contributed by atoms with Crippen LogP contribution in [0.15, 0.2) is 15.9 Å². The number of carbonyl (C=O) groups excluding carboxylic acids is 1. The third kappa shape index (κ3) is 1.92. The van der Waals surface area contributed by atoms with Gasteiger partial charge in [0.05, 0.1) is 8.66 Å². The highest BCUT2D eigenvalue weighted by molar-refractivity contribution is 9.11. The van der Waals surface area contributed by atoms with Crippen molar-refractivity contribution < 1.29 is 4.79 Å². The lowest BCUT2D eigenvalue weighted by atomic mass is 10.00. The second kappa shape index (κ2) is 4.13. The van der Waals surface area contributed by atoms with Gasteiger partial charge in [0.25, 0.3) is 5.91 Å². The van der Waals surface area contributed by atoms with Crippen LogP contribution in [-0.4, -0.2) is 36.5 Å². The summed E-state index contributed by atoms with van der Waals surface area (Å²) in [5, 5.41) is 3.15. The molecule has 3 heterocycles. The third-order valence-electron chi connectivity index (χ3n) is 3.45. The predicted octanol–water partition coefficient (Wildman–Crippen LogP) is 1.94. The van der Waals surface area contributed by atoms with Crippen molar-refractivity contribution in [3.05, 3.63) is 20.8 Å². The molecule has 0 spiro atoms. The zero-order valence-electron chi connectivity index (χ0n) is 8.78. The molecule has 0 radical (unpaired) electrons. The first-order valence-electron chi connectivity index (χ1n) is 5.51. The lowest BCUT2D eigenvalue weighted by Gasteiger charge is -2.22. The number of hydrogen-bond acceptors (Lipinski definition) is 3. The average molecular weight is 301 g/mol. The molecule has 0 aliphatic carbocycles. The summed E-state index contributed by atoms with van der Waals surface area (Å²) in [6.07, 6.45) is 1.24. The molecule has 1 amide bonds. The lowest BCUT2D eigenvalue weighted by molar-refractivity contribution is 0.0928. The van der Waals surface area contributed by atoms with Crippen LogP contribution in [0.3, 0.4) is 0 Å². The molecule has 5 heteroatoms. The molecule has 2 aliphatic rings. The van der Waals surface area contributed by atoms with Gasteiger partial charge in [-0.15, -0.1) is 11.3 Å². The van der Waals surface area contributed by atoms with Gasteiger partial charge < -0.3 is 10.2 Å². The van der Waals surface area contributed by atoms with Crippen LogP contribution in [0.1, 0.15) is 16.1 Å². The van der Waals surface area contributed by atoms with E-state index in [1.165, 1.54) is 30.8 Å². The van der Waals surface area contributed by atoms with E-state index in [2.05, 4.69) is 26.1 Å². The molecular formula is C11H13BrN2OS. The number of rotatable bonds is 2. The maximum Gasteiger partial charge on any atom is 0.261 e. The highest BCUT2D eigenvalue weighted by Gasteiger charge is 2.38. The molecule has 1 aromatic heterocycles. The fourth-order valence-corrected chi connectivity index (χ4v) is 3.91. The Morgan fingerprint density at radius 1 is 1.50 bits per heavy atom. The Morgan fingerprint density at radius 2 is 2.38 bits per heavy atom. The number of carbonyl (C=O) groups is 1. The Morgan fingerprint density at radius 3 is 2.94 bits per heavy atom. The van der Waals surface area contributed by atoms with Crippen molar-refractivity contribution in [1.29, 1.82) is 0 Å². The fourth-order valence-electron chi connectivity index (χ4n) is 2.62. The summed E-state index contributed by atoms with van der Waals surface area (Å²) in [5.41, 5.74) is 0. The summed E-state index contributed by atoms with van der Waals surface area (Å²) < 4.78 is 1.01. The normalized spacial score (nSPS) is 31.9. The van der Waals surface area contributed by atoms with E-state index in [1.807, 2.05) is 12.1 Å². The van der Waals surface area contributed by atoms with Crippen LogP contribution < -0.4 is 5.32 Å². The number of amides is 1. The molecule has 2 saturated heterocycles. The summed E-state index contributed by atoms with van der Waals surface area (Å²) >= 11 is 4.87. The van der Waals surface area contributed by atoms with Crippen LogP contribution in [0.2, 0.25) is 0 Å². The molecule has 1 unspecified atom stereocenters. The monoisotopic (exact) mass is 300 g/mol. The molecule has 1 aromatic rings. The minimum atomic E-state index is 0.0782. The van der Waals surface area contributed by atoms with Crippen molar-refractivity contribution >= 4 is 33.2 Å². The van der Waals surface area contributed by atoms with Crippen LogP contribution in [-0.2, 0) is 0 Å². The van der Waals surface area contributed by atoms with Crippen molar-refractivity contribution in [1.82, 2.24) is 10.2 Å². The highest BCUT2D eigenvalue weighted by Crippen LogP contribution is 2.28. The van der Waals surface area contributed by atoms with Gasteiger partial charge in [-0.05, 0) is 46.9 Å². The largest absolute Gasteiger partial charge is 0.347 e. The van der Waals surface area contributed by atoms with Gasteiger partial charge in [0.1, 0.15) is 0 Å². The number of piperidine rings is 1. The van der Waals surface area contributed by atoms with Gasteiger partial charge in [0.15, 0.2) is 0 Å². The van der Waals surface area contributed by atoms with Crippen molar-refractivity contribution in [2.24, 2.45) is 5.92 Å². The first kappa shape index (κ1) is 10.7. The van der Waals surface area contributed by atoms with Gasteiger partial charge in [-0.3, -0.25) is 4.79 Å². The van der Waals surface area contributed by atoms with Crippen LogP contribution in [0, 0.1) is 5.92 Å². The average Bonchev–Trinajstić information content (AvgIpc) is 2.92. The first-order chi connectivity index (χ1) is 7.72. The summed E-state index contributed by atoms with van der Waals surface area (Å²) in [4.78, 5) is 15.2. The molecule has 0 saturated carbocycles. The summed E-state index contributed by atoms with van der Waals surface area (Å²) in [6.45, 7) is 3.41. The van der Waals surface area contributed by atoms with E-state index in [-0.39, 0.29) is 5.91 Å². The van der Waals surface area contributed by atoms with E-state index in [9.17, 15) is 4.79 Å². The fraction of sp³-hybridized carbons (Fsp3) is 0.545. The molecule has 16 heavy (non-hydrogen) atoms. The smallest absolute Gasteiger partial charge is 0.261 e. The number of nitrogens with one attached hydrogen (secondary N) is 1. The lowest BCUT2D eigenvalue weighted by Crippen LogP contribution is -2.42. The van der Waals surface area contributed by atoms with E-state index < -0.39 is 0 Å². The van der Waals surface area contributed by atoms with Crippen molar-refractivity contribution in [2.45, 2.75) is 12.5 Å². The van der Waals surface area contributed by atoms with Crippen molar-refractivity contribution in [2.75, 3.05) is 19.6 Å². The zero-order chi connectivity index (χ0) is 11.1. The molecule has 0 aromatic carbocycles. The summed E-state index contributed by atoms with van der Waals surface area (Å²) in [5.74, 6) is 0.752.